The summed E-state index contributed by atoms with van der Waals surface area (Å²) in [5.41, 5.74) is 5.83. The molecule has 1 saturated heterocycles. The van der Waals surface area contributed by atoms with Crippen LogP contribution in [0.4, 0.5) is 5.13 Å². The summed E-state index contributed by atoms with van der Waals surface area (Å²) >= 11 is 0.996. The van der Waals surface area contributed by atoms with Gasteiger partial charge in [0, 0.05) is 22.9 Å². The average molecular weight is 676 g/mol. The Morgan fingerprint density at radius 3 is 2.57 bits per heavy atom. The van der Waals surface area contributed by atoms with Gasteiger partial charge in [-0.15, -0.1) is 15.6 Å². The summed E-state index contributed by atoms with van der Waals surface area (Å²) in [6.07, 6.45) is 3.80. The van der Waals surface area contributed by atoms with Gasteiger partial charge in [0.1, 0.15) is 18.1 Å². The number of aliphatic carboxylic acids is 1. The number of fused-ring (bicyclic) bond motifs is 1. The van der Waals surface area contributed by atoms with Crippen molar-refractivity contribution in [3.8, 4) is 5.75 Å². The molecule has 2 aliphatic rings. The molecule has 3 aromatic rings. The van der Waals surface area contributed by atoms with E-state index in [2.05, 4.69) is 14.4 Å². The molecule has 2 aromatic heterocycles. The first-order valence-electron chi connectivity index (χ1n) is 14.5. The van der Waals surface area contributed by atoms with E-state index >= 15 is 0 Å². The molecule has 0 radical (unpaired) electrons. The number of oxime groups is 1. The van der Waals surface area contributed by atoms with Gasteiger partial charge in [0.15, 0.2) is 16.6 Å². The number of hydrogen-bond acceptors (Lipinski definition) is 13. The number of amides is 1. The molecule has 2 atom stereocenters. The number of rotatable bonds is 14. The number of carbonyl (C=O) groups excluding carboxylic acids is 2. The fourth-order valence-corrected chi connectivity index (χ4v) is 6.58. The highest BCUT2D eigenvalue weighted by Crippen LogP contribution is 2.40. The van der Waals surface area contributed by atoms with Crippen LogP contribution in [0.5, 0.6) is 5.75 Å². The summed E-state index contributed by atoms with van der Waals surface area (Å²) in [5.74, 6) is -3.08. The van der Waals surface area contributed by atoms with Crippen LogP contribution in [0.2, 0.25) is 0 Å². The van der Waals surface area contributed by atoms with Gasteiger partial charge in [-0.1, -0.05) is 36.9 Å². The first kappa shape index (κ1) is 33.2. The predicted octanol–water partition coefficient (Wildman–Crippen LogP) is 3.19. The van der Waals surface area contributed by atoms with Gasteiger partial charge < -0.3 is 20.4 Å². The molecule has 4 N–H and O–H groups in total. The Morgan fingerprint density at radius 2 is 1.93 bits per heavy atom. The van der Waals surface area contributed by atoms with Gasteiger partial charge in [-0.05, 0) is 50.5 Å². The Balaban J connectivity index is 1.27. The minimum Gasteiger partial charge on any atom is -0.489 e. The summed E-state index contributed by atoms with van der Waals surface area (Å²) in [6, 6.07) is 9.16. The lowest BCUT2D eigenvalue weighted by atomic mass is 9.74. The largest absolute Gasteiger partial charge is 0.489 e. The van der Waals surface area contributed by atoms with Crippen molar-refractivity contribution in [1.29, 1.82) is 0 Å². The SMILES string of the molecule is CC1(C)C(CC(=O)/C(=N\O[C@@H](COc2ccc3nc(CC4CCCC4)ccc3c2)C(=O)O)c2csc(N)n2)C(=O)N1OS(=O)(=O)O. The number of hydrogen-bond donors (Lipinski definition) is 3. The molecule has 1 amide bonds. The number of carboxylic acids is 1. The second-order valence-corrected chi connectivity index (χ2v) is 13.6. The van der Waals surface area contributed by atoms with Crippen LogP contribution < -0.4 is 10.5 Å². The highest BCUT2D eigenvalue weighted by atomic mass is 32.3. The van der Waals surface area contributed by atoms with Crippen molar-refractivity contribution in [3.63, 3.8) is 0 Å². The maximum atomic E-state index is 13.3. The fraction of sp³-hybridized carbons (Fsp3) is 0.448. The van der Waals surface area contributed by atoms with Crippen molar-refractivity contribution >= 4 is 61.1 Å². The molecule has 0 bridgehead atoms. The highest BCUT2D eigenvalue weighted by molar-refractivity contribution is 7.80. The molecule has 1 aromatic carbocycles. The maximum absolute atomic E-state index is 13.3. The number of nitrogens with zero attached hydrogens (tertiary/aromatic N) is 4. The number of β-lactam (4-membered cyclic amide) rings is 1. The molecule has 17 heteroatoms. The van der Waals surface area contributed by atoms with Crippen molar-refractivity contribution in [3.05, 3.63) is 47.1 Å². The van der Waals surface area contributed by atoms with E-state index in [1.54, 1.807) is 18.2 Å². The molecule has 1 unspecified atom stereocenters. The second-order valence-electron chi connectivity index (χ2n) is 11.7. The van der Waals surface area contributed by atoms with E-state index in [0.717, 1.165) is 34.4 Å². The summed E-state index contributed by atoms with van der Waals surface area (Å²) in [6.45, 7) is 2.40. The number of aromatic nitrogens is 2. The van der Waals surface area contributed by atoms with E-state index in [1.807, 2.05) is 12.1 Å². The number of carbonyl (C=O) groups is 3. The maximum Gasteiger partial charge on any atom is 0.418 e. The number of hydroxylamine groups is 2. The van der Waals surface area contributed by atoms with Gasteiger partial charge in [-0.3, -0.25) is 19.1 Å². The molecule has 3 heterocycles. The summed E-state index contributed by atoms with van der Waals surface area (Å²) in [5, 5.41) is 16.3. The number of nitrogens with two attached hydrogens (primary N) is 1. The van der Waals surface area contributed by atoms with E-state index in [-0.39, 0.29) is 10.8 Å². The fourth-order valence-electron chi connectivity index (χ4n) is 5.58. The van der Waals surface area contributed by atoms with Crippen LogP contribution in [-0.2, 0) is 40.3 Å². The van der Waals surface area contributed by atoms with Crippen molar-refractivity contribution in [2.75, 3.05) is 12.3 Å². The van der Waals surface area contributed by atoms with Gasteiger partial charge in [-0.2, -0.15) is 13.5 Å². The smallest absolute Gasteiger partial charge is 0.418 e. The second kappa shape index (κ2) is 13.3. The van der Waals surface area contributed by atoms with Crippen LogP contribution in [0.15, 0.2) is 40.9 Å². The Labute approximate surface area is 268 Å². The summed E-state index contributed by atoms with van der Waals surface area (Å²) in [4.78, 5) is 52.0. The molecule has 1 aliphatic carbocycles. The summed E-state index contributed by atoms with van der Waals surface area (Å²) in [7, 11) is -4.98. The van der Waals surface area contributed by atoms with Crippen molar-refractivity contribution in [2.45, 2.75) is 64.0 Å². The quantitative estimate of drug-likeness (QED) is 0.0968. The molecule has 1 saturated carbocycles. The predicted molar refractivity (Wildman–Crippen MR) is 165 cm³/mol. The zero-order chi connectivity index (χ0) is 33.2. The van der Waals surface area contributed by atoms with Gasteiger partial charge in [0.25, 0.3) is 12.0 Å². The number of nitrogen functional groups attached to an aromatic ring is 1. The Morgan fingerprint density at radius 1 is 1.20 bits per heavy atom. The van der Waals surface area contributed by atoms with Crippen LogP contribution in [-0.4, -0.2) is 74.7 Å². The van der Waals surface area contributed by atoms with E-state index in [9.17, 15) is 27.9 Å². The average Bonchev–Trinajstić information content (AvgIpc) is 3.67. The van der Waals surface area contributed by atoms with Crippen molar-refractivity contribution in [2.24, 2.45) is 17.0 Å². The molecule has 0 spiro atoms. The van der Waals surface area contributed by atoms with E-state index in [0.29, 0.717) is 16.7 Å². The number of ether oxygens (including phenoxy) is 1. The third-order valence-electron chi connectivity index (χ3n) is 8.10. The van der Waals surface area contributed by atoms with Crippen LogP contribution in [0.3, 0.4) is 0 Å². The third kappa shape index (κ3) is 7.60. The van der Waals surface area contributed by atoms with Gasteiger partial charge >= 0.3 is 16.4 Å². The van der Waals surface area contributed by atoms with Crippen LogP contribution in [0.25, 0.3) is 10.9 Å². The molecule has 246 valence electrons. The van der Waals surface area contributed by atoms with Gasteiger partial charge in [-0.25, -0.2) is 9.78 Å². The molecule has 15 nitrogen and oxygen atoms in total. The molecular weight excluding hydrogens is 642 g/mol. The number of carboxylic acid groups (broad SMARTS) is 1. The zero-order valence-electron chi connectivity index (χ0n) is 25.0. The molecule has 2 fully saturated rings. The summed E-state index contributed by atoms with van der Waals surface area (Å²) < 4.78 is 41.2. The minimum atomic E-state index is -4.98. The van der Waals surface area contributed by atoms with E-state index in [4.69, 9.17) is 24.8 Å². The number of thiazole rings is 1. The van der Waals surface area contributed by atoms with Crippen LogP contribution in [0, 0.1) is 11.8 Å². The highest BCUT2D eigenvalue weighted by Gasteiger charge is 2.57. The Bertz CT molecular complexity index is 1790. The zero-order valence-corrected chi connectivity index (χ0v) is 26.6. The lowest BCUT2D eigenvalue weighted by Gasteiger charge is -2.50. The van der Waals surface area contributed by atoms with Crippen LogP contribution >= 0.6 is 11.3 Å². The number of benzene rings is 1. The monoisotopic (exact) mass is 675 g/mol. The molecule has 5 rings (SSSR count). The van der Waals surface area contributed by atoms with Crippen LogP contribution in [0.1, 0.15) is 57.3 Å². The molecule has 1 aliphatic heterocycles. The van der Waals surface area contributed by atoms with E-state index in [1.165, 1.54) is 44.9 Å². The molecular formula is C29H33N5O10S2. The van der Waals surface area contributed by atoms with E-state index < -0.39 is 64.4 Å². The number of Topliss-reactive ketones (excluding diaryl/α,β-unsaturated/α-hetero) is 1. The standard InChI is InChI=1S/C29H33N5O10S2/c1-29(2)20(26(36)34(29)44-46(39,40)41)13-23(35)25(22-15-45-28(30)32-22)33-43-24(27(37)38)14-42-19-9-10-21-17(12-19)7-8-18(31-21)11-16-5-3-4-6-16/h7-10,12,15-16,20,24H,3-6,11,13-14H2,1-2H3,(H2,30,32)(H,37,38)(H,39,40,41)/b33-25-/t20?,24-/m0/s1. The van der Waals surface area contributed by atoms with Crippen molar-refractivity contribution in [1.82, 2.24) is 15.0 Å². The minimum absolute atomic E-state index is 0.0116. The first-order chi connectivity index (χ1) is 21.7. The lowest BCUT2D eigenvalue weighted by Crippen LogP contribution is -2.68. The number of pyridine rings is 1. The van der Waals surface area contributed by atoms with Gasteiger partial charge in [0.2, 0.25) is 0 Å². The molecule has 46 heavy (non-hydrogen) atoms. The Kier molecular flexibility index (Phi) is 9.57. The normalized spacial score (nSPS) is 19.2. The Hall–Kier alpha value is -4.19. The third-order valence-corrected chi connectivity index (χ3v) is 9.11. The van der Waals surface area contributed by atoms with Crippen molar-refractivity contribution < 1.29 is 46.3 Å². The lowest BCUT2D eigenvalue weighted by molar-refractivity contribution is -0.228. The topological polar surface area (TPSA) is 221 Å². The number of ketones is 1. The first-order valence-corrected chi connectivity index (χ1v) is 16.7. The van der Waals surface area contributed by atoms with Gasteiger partial charge in [0.05, 0.1) is 17.0 Å². The number of anilines is 1.